The van der Waals surface area contributed by atoms with Gasteiger partial charge in [0.25, 0.3) is 0 Å². The van der Waals surface area contributed by atoms with Crippen LogP contribution in [0.25, 0.3) is 22.6 Å². The second-order valence-corrected chi connectivity index (χ2v) is 8.64. The first-order chi connectivity index (χ1) is 14.5. The number of hydrogen-bond acceptors (Lipinski definition) is 9. The summed E-state index contributed by atoms with van der Waals surface area (Å²) in [4.78, 5) is 12.9. The number of aliphatic hydroxyl groups excluding tert-OH is 1. The van der Waals surface area contributed by atoms with E-state index in [0.29, 0.717) is 28.8 Å². The Morgan fingerprint density at radius 3 is 2.58 bits per heavy atom. The Balaban J connectivity index is 0.000000491. The molecule has 4 rings (SSSR count). The fourth-order valence-electron chi connectivity index (χ4n) is 3.45. The van der Waals surface area contributed by atoms with E-state index in [9.17, 15) is 5.11 Å². The smallest absolute Gasteiger partial charge is 0.234 e. The standard InChI is InChI=1S/C18H20ClN5O2.C3H8O2/c1-9-2-5-13-12(6-9)22-17(26-13)14-15(19)23-18(20)24-16(14)21-11-4-3-10(7-11)8-25;1-3(2,4)5/h2,5-6,10-11,25H,3-4,7-8H2,1H3,(H3,20,21,23,24);4-5H,1-2H3/t10?,11-;/m0./s1. The van der Waals surface area contributed by atoms with Crippen LogP contribution in [0.3, 0.4) is 0 Å². The topological polar surface area (TPSA) is 151 Å². The van der Waals surface area contributed by atoms with Crippen LogP contribution in [0.4, 0.5) is 11.8 Å². The third kappa shape index (κ3) is 6.27. The number of hydrogen-bond donors (Lipinski definition) is 5. The van der Waals surface area contributed by atoms with Gasteiger partial charge in [0.05, 0.1) is 0 Å². The highest BCUT2D eigenvalue weighted by molar-refractivity contribution is 6.32. The number of fused-ring (bicyclic) bond motifs is 1. The Bertz CT molecular complexity index is 1040. The number of nitrogens with two attached hydrogens (primary N) is 1. The zero-order valence-corrected chi connectivity index (χ0v) is 18.5. The molecule has 2 aromatic heterocycles. The van der Waals surface area contributed by atoms with Gasteiger partial charge in [-0.3, -0.25) is 0 Å². The lowest BCUT2D eigenvalue weighted by Crippen LogP contribution is -2.18. The molecule has 0 aliphatic heterocycles. The predicted molar refractivity (Wildman–Crippen MR) is 120 cm³/mol. The molecule has 1 saturated carbocycles. The van der Waals surface area contributed by atoms with Crippen LogP contribution in [0.1, 0.15) is 38.7 Å². The summed E-state index contributed by atoms with van der Waals surface area (Å²) in [7, 11) is 0. The van der Waals surface area contributed by atoms with E-state index in [0.717, 1.165) is 30.3 Å². The maximum atomic E-state index is 9.35. The number of benzene rings is 1. The van der Waals surface area contributed by atoms with E-state index in [4.69, 9.17) is 32.0 Å². The zero-order valence-electron chi connectivity index (χ0n) is 17.8. The van der Waals surface area contributed by atoms with E-state index < -0.39 is 5.79 Å². The highest BCUT2D eigenvalue weighted by Gasteiger charge is 2.27. The first-order valence-electron chi connectivity index (χ1n) is 10.1. The van der Waals surface area contributed by atoms with Gasteiger partial charge in [-0.1, -0.05) is 17.7 Å². The third-order valence-corrected chi connectivity index (χ3v) is 5.05. The SMILES string of the molecule is CC(C)(O)O.Cc1ccc2oc(-c3c(Cl)nc(N)nc3N[C@H]3CCC(CO)C3)nc2c1. The summed E-state index contributed by atoms with van der Waals surface area (Å²) in [5.74, 6) is -0.244. The molecule has 3 aromatic rings. The van der Waals surface area contributed by atoms with E-state index in [1.54, 1.807) is 0 Å². The Kier molecular flexibility index (Phi) is 7.00. The van der Waals surface area contributed by atoms with Gasteiger partial charge in [-0.25, -0.2) is 9.97 Å². The number of nitrogen functional groups attached to an aromatic ring is 1. The molecule has 0 spiro atoms. The van der Waals surface area contributed by atoms with Gasteiger partial charge in [0.2, 0.25) is 11.8 Å². The molecule has 9 nitrogen and oxygen atoms in total. The summed E-state index contributed by atoms with van der Waals surface area (Å²) in [6, 6.07) is 5.97. The minimum absolute atomic E-state index is 0.0879. The van der Waals surface area contributed by atoms with Crippen molar-refractivity contribution in [1.82, 2.24) is 15.0 Å². The van der Waals surface area contributed by atoms with Crippen molar-refractivity contribution in [3.63, 3.8) is 0 Å². The number of oxazole rings is 1. The summed E-state index contributed by atoms with van der Waals surface area (Å²) in [5, 5.41) is 29.1. The lowest BCUT2D eigenvalue weighted by molar-refractivity contribution is -0.127. The van der Waals surface area contributed by atoms with Gasteiger partial charge in [0.1, 0.15) is 22.1 Å². The van der Waals surface area contributed by atoms with Crippen molar-refractivity contribution >= 4 is 34.5 Å². The highest BCUT2D eigenvalue weighted by atomic mass is 35.5. The Labute approximate surface area is 185 Å². The minimum atomic E-state index is -1.50. The normalized spacial score (nSPS) is 18.7. The first-order valence-corrected chi connectivity index (χ1v) is 10.4. The van der Waals surface area contributed by atoms with Crippen LogP contribution in [0.2, 0.25) is 5.15 Å². The summed E-state index contributed by atoms with van der Waals surface area (Å²) in [6.45, 7) is 4.79. The van der Waals surface area contributed by atoms with E-state index in [1.165, 1.54) is 13.8 Å². The average molecular weight is 450 g/mol. The van der Waals surface area contributed by atoms with Gasteiger partial charge in [-0.05, 0) is 63.6 Å². The van der Waals surface area contributed by atoms with Gasteiger partial charge in [0, 0.05) is 12.6 Å². The maximum absolute atomic E-state index is 9.35. The van der Waals surface area contributed by atoms with Gasteiger partial charge in [-0.2, -0.15) is 4.98 Å². The Morgan fingerprint density at radius 1 is 1.23 bits per heavy atom. The number of aryl methyl sites for hydroxylation is 1. The maximum Gasteiger partial charge on any atom is 0.234 e. The van der Waals surface area contributed by atoms with Gasteiger partial charge in [0.15, 0.2) is 11.4 Å². The molecule has 0 radical (unpaired) electrons. The van der Waals surface area contributed by atoms with E-state index in [2.05, 4.69) is 20.3 Å². The summed E-state index contributed by atoms with van der Waals surface area (Å²) < 4.78 is 5.88. The van der Waals surface area contributed by atoms with Gasteiger partial charge >= 0.3 is 0 Å². The molecular formula is C21H28ClN5O4. The lowest BCUT2D eigenvalue weighted by Gasteiger charge is -2.16. The van der Waals surface area contributed by atoms with E-state index >= 15 is 0 Å². The van der Waals surface area contributed by atoms with E-state index in [-0.39, 0.29) is 23.8 Å². The first kappa shape index (κ1) is 23.2. The number of nitrogens with zero attached hydrogens (tertiary/aromatic N) is 3. The molecule has 1 aliphatic carbocycles. The molecule has 168 valence electrons. The van der Waals surface area contributed by atoms with Crippen molar-refractivity contribution < 1.29 is 19.7 Å². The van der Waals surface area contributed by atoms with Crippen LogP contribution >= 0.6 is 11.6 Å². The molecule has 10 heteroatoms. The molecule has 0 amide bonds. The van der Waals surface area contributed by atoms with Crippen LogP contribution in [-0.4, -0.2) is 48.7 Å². The lowest BCUT2D eigenvalue weighted by atomic mass is 10.1. The number of halogens is 1. The Hall–Kier alpha value is -2.46. The van der Waals surface area contributed by atoms with Crippen molar-refractivity contribution in [1.29, 1.82) is 0 Å². The molecule has 1 aromatic carbocycles. The van der Waals surface area contributed by atoms with Crippen molar-refractivity contribution in [3.8, 4) is 11.5 Å². The van der Waals surface area contributed by atoms with Crippen LogP contribution in [-0.2, 0) is 0 Å². The molecule has 2 heterocycles. The minimum Gasteiger partial charge on any atom is -0.436 e. The predicted octanol–water partition coefficient (Wildman–Crippen LogP) is 3.11. The Morgan fingerprint density at radius 2 is 1.94 bits per heavy atom. The van der Waals surface area contributed by atoms with Crippen LogP contribution in [0, 0.1) is 12.8 Å². The molecule has 2 atom stereocenters. The number of nitrogens with one attached hydrogen (secondary N) is 1. The largest absolute Gasteiger partial charge is 0.436 e. The van der Waals surface area contributed by atoms with Gasteiger partial charge < -0.3 is 30.8 Å². The quantitative estimate of drug-likeness (QED) is 0.299. The third-order valence-electron chi connectivity index (χ3n) is 4.78. The number of rotatable bonds is 4. The zero-order chi connectivity index (χ0) is 22.8. The molecule has 1 fully saturated rings. The monoisotopic (exact) mass is 449 g/mol. The number of anilines is 2. The van der Waals surface area contributed by atoms with Crippen molar-refractivity contribution in [2.45, 2.75) is 51.9 Å². The molecule has 6 N–H and O–H groups in total. The number of aliphatic hydroxyl groups is 3. The van der Waals surface area contributed by atoms with Crippen LogP contribution < -0.4 is 11.1 Å². The second-order valence-electron chi connectivity index (χ2n) is 8.28. The fourth-order valence-corrected chi connectivity index (χ4v) is 3.71. The summed E-state index contributed by atoms with van der Waals surface area (Å²) in [6.07, 6.45) is 2.78. The molecule has 1 unspecified atom stereocenters. The van der Waals surface area contributed by atoms with Crippen molar-refractivity contribution in [3.05, 3.63) is 28.9 Å². The summed E-state index contributed by atoms with van der Waals surface area (Å²) in [5.41, 5.74) is 8.81. The number of aromatic nitrogens is 3. The van der Waals surface area contributed by atoms with Crippen LogP contribution in [0.5, 0.6) is 0 Å². The molecule has 31 heavy (non-hydrogen) atoms. The second kappa shape index (κ2) is 9.35. The molecular weight excluding hydrogens is 422 g/mol. The van der Waals surface area contributed by atoms with E-state index in [1.807, 2.05) is 25.1 Å². The van der Waals surface area contributed by atoms with Crippen molar-refractivity contribution in [2.24, 2.45) is 5.92 Å². The fraction of sp³-hybridized carbons (Fsp3) is 0.476. The van der Waals surface area contributed by atoms with Crippen LogP contribution in [0.15, 0.2) is 22.6 Å². The highest BCUT2D eigenvalue weighted by Crippen LogP contribution is 2.37. The molecule has 0 saturated heterocycles. The molecule has 0 bridgehead atoms. The van der Waals surface area contributed by atoms with Crippen molar-refractivity contribution in [2.75, 3.05) is 17.7 Å². The van der Waals surface area contributed by atoms with Gasteiger partial charge in [-0.15, -0.1) is 0 Å². The summed E-state index contributed by atoms with van der Waals surface area (Å²) >= 11 is 6.36. The average Bonchev–Trinajstić information content (AvgIpc) is 3.25. The molecule has 1 aliphatic rings.